The number of hydrogen-bond donors (Lipinski definition) is 2. The molecule has 2 rings (SSSR count). The number of hydrogen-bond acceptors (Lipinski definition) is 3. The van der Waals surface area contributed by atoms with Crippen LogP contribution in [0.5, 0.6) is 5.75 Å². The second-order valence-electron chi connectivity index (χ2n) is 3.97. The molecule has 0 aliphatic carbocycles. The van der Waals surface area contributed by atoms with E-state index in [1.54, 1.807) is 30.9 Å². The lowest BCUT2D eigenvalue weighted by atomic mass is 10.0. The van der Waals surface area contributed by atoms with Crippen molar-refractivity contribution in [3.05, 3.63) is 33.7 Å². The van der Waals surface area contributed by atoms with E-state index >= 15 is 0 Å². The van der Waals surface area contributed by atoms with Gasteiger partial charge >= 0.3 is 0 Å². The van der Waals surface area contributed by atoms with E-state index in [4.69, 9.17) is 0 Å². The number of aromatic hydroxyl groups is 1. The molecule has 2 N–H and O–H groups in total. The molecule has 2 heterocycles. The van der Waals surface area contributed by atoms with Crippen LogP contribution >= 0.6 is 0 Å². The summed E-state index contributed by atoms with van der Waals surface area (Å²) in [5, 5.41) is 14.1. The molecule has 0 aliphatic rings. The van der Waals surface area contributed by atoms with Gasteiger partial charge in [0.05, 0.1) is 17.0 Å². The summed E-state index contributed by atoms with van der Waals surface area (Å²) in [5.41, 5.74) is 2.25. The minimum atomic E-state index is -0.268. The van der Waals surface area contributed by atoms with Crippen molar-refractivity contribution >= 4 is 0 Å². The van der Waals surface area contributed by atoms with E-state index in [1.165, 1.54) is 0 Å². The Labute approximate surface area is 98.7 Å². The largest absolute Gasteiger partial charge is 0.507 e. The Hall–Kier alpha value is -2.04. The highest BCUT2D eigenvalue weighted by atomic mass is 16.3. The lowest BCUT2D eigenvalue weighted by molar-refractivity contribution is 0.463. The van der Waals surface area contributed by atoms with Gasteiger partial charge in [0.15, 0.2) is 0 Å². The van der Waals surface area contributed by atoms with Crippen LogP contribution in [0.1, 0.15) is 18.1 Å². The number of aromatic nitrogens is 3. The topological polar surface area (TPSA) is 70.9 Å². The van der Waals surface area contributed by atoms with E-state index in [0.29, 0.717) is 17.7 Å². The molecule has 2 aromatic rings. The Morgan fingerprint density at radius 3 is 2.76 bits per heavy atom. The van der Waals surface area contributed by atoms with Crippen molar-refractivity contribution in [1.82, 2.24) is 14.8 Å². The average molecular weight is 233 g/mol. The highest BCUT2D eigenvalue weighted by Gasteiger charge is 2.15. The molecule has 0 saturated carbocycles. The number of H-pyrrole nitrogens is 1. The summed E-state index contributed by atoms with van der Waals surface area (Å²) in [5.74, 6) is 0.0763. The fourth-order valence-electron chi connectivity index (χ4n) is 1.92. The first-order chi connectivity index (χ1) is 8.06. The third-order valence-corrected chi connectivity index (χ3v) is 2.95. The maximum Gasteiger partial charge on any atom is 0.255 e. The fourth-order valence-corrected chi connectivity index (χ4v) is 1.92. The van der Waals surface area contributed by atoms with E-state index in [2.05, 4.69) is 10.1 Å². The molecule has 0 atom stereocenters. The Bertz CT molecular complexity index is 611. The highest BCUT2D eigenvalue weighted by molar-refractivity contribution is 5.63. The molecule has 90 valence electrons. The number of aryl methyl sites for hydroxylation is 1. The molecule has 0 spiro atoms. The molecule has 5 heteroatoms. The minimum Gasteiger partial charge on any atom is -0.507 e. The van der Waals surface area contributed by atoms with Crippen molar-refractivity contribution < 1.29 is 5.11 Å². The average Bonchev–Trinajstić information content (AvgIpc) is 2.72. The van der Waals surface area contributed by atoms with E-state index in [-0.39, 0.29) is 11.3 Å². The van der Waals surface area contributed by atoms with Gasteiger partial charge in [-0.3, -0.25) is 9.48 Å². The van der Waals surface area contributed by atoms with Gasteiger partial charge in [0.2, 0.25) is 0 Å². The minimum absolute atomic E-state index is 0.0763. The molecule has 0 aliphatic heterocycles. The van der Waals surface area contributed by atoms with Crippen molar-refractivity contribution in [2.45, 2.75) is 20.3 Å². The summed E-state index contributed by atoms with van der Waals surface area (Å²) in [7, 11) is 1.80. The SMILES string of the molecule is CCc1c(-c2ccnn2C)[nH]c(=O)c(C)c1O. The van der Waals surface area contributed by atoms with Crippen LogP contribution in [-0.2, 0) is 13.5 Å². The summed E-state index contributed by atoms with van der Waals surface area (Å²) in [6, 6.07) is 1.80. The van der Waals surface area contributed by atoms with Crippen molar-refractivity contribution in [2.24, 2.45) is 7.05 Å². The molecule has 2 aromatic heterocycles. The number of nitrogens with zero attached hydrogens (tertiary/aromatic N) is 2. The standard InChI is InChI=1S/C12H15N3O2/c1-4-8-10(9-5-6-13-15(9)3)14-12(17)7(2)11(8)16/h5-6H,4H2,1-3H3,(H2,14,16,17). The monoisotopic (exact) mass is 233 g/mol. The van der Waals surface area contributed by atoms with Crippen molar-refractivity contribution in [1.29, 1.82) is 0 Å². The highest BCUT2D eigenvalue weighted by Crippen LogP contribution is 2.28. The predicted octanol–water partition coefficient (Wildman–Crippen LogP) is 1.35. The Morgan fingerprint density at radius 1 is 1.53 bits per heavy atom. The summed E-state index contributed by atoms with van der Waals surface area (Å²) in [6.45, 7) is 3.55. The van der Waals surface area contributed by atoms with Gasteiger partial charge in [0, 0.05) is 18.8 Å². The van der Waals surface area contributed by atoms with Gasteiger partial charge < -0.3 is 10.1 Å². The van der Waals surface area contributed by atoms with Crippen LogP contribution in [0.4, 0.5) is 0 Å². The van der Waals surface area contributed by atoms with Crippen LogP contribution in [0.25, 0.3) is 11.4 Å². The number of nitrogens with one attached hydrogen (secondary N) is 1. The van der Waals surface area contributed by atoms with Crippen LogP contribution in [0.15, 0.2) is 17.1 Å². The summed E-state index contributed by atoms with van der Waals surface area (Å²) < 4.78 is 1.67. The quantitative estimate of drug-likeness (QED) is 0.822. The predicted molar refractivity (Wildman–Crippen MR) is 65.0 cm³/mol. The lowest BCUT2D eigenvalue weighted by Crippen LogP contribution is -2.14. The number of pyridine rings is 1. The van der Waals surface area contributed by atoms with Crippen LogP contribution in [0.3, 0.4) is 0 Å². The smallest absolute Gasteiger partial charge is 0.255 e. The van der Waals surface area contributed by atoms with E-state index < -0.39 is 0 Å². The molecule has 0 unspecified atom stereocenters. The molecule has 0 saturated heterocycles. The number of aromatic amines is 1. The van der Waals surface area contributed by atoms with Gasteiger partial charge in [0.25, 0.3) is 5.56 Å². The van der Waals surface area contributed by atoms with E-state index in [0.717, 1.165) is 11.3 Å². The zero-order valence-electron chi connectivity index (χ0n) is 10.1. The Morgan fingerprint density at radius 2 is 2.24 bits per heavy atom. The third-order valence-electron chi connectivity index (χ3n) is 2.95. The first-order valence-electron chi connectivity index (χ1n) is 5.49. The molecule has 17 heavy (non-hydrogen) atoms. The number of rotatable bonds is 2. The van der Waals surface area contributed by atoms with Crippen molar-refractivity contribution in [3.63, 3.8) is 0 Å². The van der Waals surface area contributed by atoms with Gasteiger partial charge in [-0.1, -0.05) is 6.92 Å². The lowest BCUT2D eigenvalue weighted by Gasteiger charge is -2.11. The van der Waals surface area contributed by atoms with Gasteiger partial charge in [-0.05, 0) is 19.4 Å². The Kier molecular flexibility index (Phi) is 2.75. The van der Waals surface area contributed by atoms with Gasteiger partial charge in [-0.25, -0.2) is 0 Å². The van der Waals surface area contributed by atoms with Crippen LogP contribution < -0.4 is 5.56 Å². The van der Waals surface area contributed by atoms with Crippen LogP contribution in [-0.4, -0.2) is 19.9 Å². The first kappa shape index (κ1) is 11.4. The van der Waals surface area contributed by atoms with Crippen LogP contribution in [0.2, 0.25) is 0 Å². The Balaban J connectivity index is 2.79. The normalized spacial score (nSPS) is 10.8. The molecule has 0 radical (unpaired) electrons. The molecule has 0 bridgehead atoms. The maximum absolute atomic E-state index is 11.7. The molecular weight excluding hydrogens is 218 g/mol. The summed E-state index contributed by atoms with van der Waals surface area (Å²) in [4.78, 5) is 14.5. The van der Waals surface area contributed by atoms with Crippen LogP contribution in [0, 0.1) is 6.92 Å². The van der Waals surface area contributed by atoms with Crippen molar-refractivity contribution in [2.75, 3.05) is 0 Å². The first-order valence-corrected chi connectivity index (χ1v) is 5.49. The van der Waals surface area contributed by atoms with Crippen molar-refractivity contribution in [3.8, 4) is 17.1 Å². The second-order valence-corrected chi connectivity index (χ2v) is 3.97. The van der Waals surface area contributed by atoms with Gasteiger partial charge in [0.1, 0.15) is 5.75 Å². The molecule has 5 nitrogen and oxygen atoms in total. The zero-order chi connectivity index (χ0) is 12.6. The van der Waals surface area contributed by atoms with Gasteiger partial charge in [-0.2, -0.15) is 5.10 Å². The summed E-state index contributed by atoms with van der Waals surface area (Å²) in [6.07, 6.45) is 2.30. The van der Waals surface area contributed by atoms with E-state index in [1.807, 2.05) is 6.92 Å². The molecule has 0 aromatic carbocycles. The molecule has 0 amide bonds. The summed E-state index contributed by atoms with van der Waals surface area (Å²) >= 11 is 0. The fraction of sp³-hybridized carbons (Fsp3) is 0.333. The molecular formula is C12H15N3O2. The third kappa shape index (κ3) is 1.73. The van der Waals surface area contributed by atoms with Gasteiger partial charge in [-0.15, -0.1) is 0 Å². The van der Waals surface area contributed by atoms with E-state index in [9.17, 15) is 9.90 Å². The zero-order valence-corrected chi connectivity index (χ0v) is 10.1. The second kappa shape index (κ2) is 4.08. The molecule has 0 fully saturated rings. The maximum atomic E-state index is 11.7.